The molecule has 2 aromatic carbocycles. The molecule has 0 aliphatic carbocycles. The predicted octanol–water partition coefficient (Wildman–Crippen LogP) is 5.76. The molecule has 1 N–H and O–H groups in total. The molecule has 0 spiro atoms. The Bertz CT molecular complexity index is 584. The fourth-order valence-electron chi connectivity index (χ4n) is 1.58. The second-order valence-corrected chi connectivity index (χ2v) is 5.42. The zero-order chi connectivity index (χ0) is 14.2. The van der Waals surface area contributed by atoms with Gasteiger partial charge < -0.3 is 9.84 Å². The normalized spacial score (nSPS) is 10.6. The molecule has 0 fully saturated rings. The molecule has 0 bridgehead atoms. The standard InChI is InChI=1S/C14H11Cl3O2/c1-7-4-14(11(17)5-12(7)18)19-13-6-10(16)9(15)3-8(13)2/h3-6,18H,1-2H3. The van der Waals surface area contributed by atoms with Gasteiger partial charge in [0.05, 0.1) is 15.1 Å². The van der Waals surface area contributed by atoms with E-state index in [-0.39, 0.29) is 5.75 Å². The first-order valence-electron chi connectivity index (χ1n) is 5.51. The molecule has 0 amide bonds. The highest BCUT2D eigenvalue weighted by molar-refractivity contribution is 6.42. The molecule has 0 aliphatic rings. The number of ether oxygens (including phenoxy) is 1. The molecular weight excluding hydrogens is 307 g/mol. The van der Waals surface area contributed by atoms with E-state index in [4.69, 9.17) is 39.5 Å². The maximum absolute atomic E-state index is 9.55. The van der Waals surface area contributed by atoms with Crippen LogP contribution in [0.15, 0.2) is 24.3 Å². The average molecular weight is 318 g/mol. The fourth-order valence-corrected chi connectivity index (χ4v) is 2.15. The molecule has 0 saturated carbocycles. The third-order valence-electron chi connectivity index (χ3n) is 2.69. The maximum Gasteiger partial charge on any atom is 0.146 e. The minimum atomic E-state index is 0.128. The van der Waals surface area contributed by atoms with E-state index in [1.165, 1.54) is 6.07 Å². The van der Waals surface area contributed by atoms with Crippen LogP contribution in [0.5, 0.6) is 17.2 Å². The predicted molar refractivity (Wildman–Crippen MR) is 79.1 cm³/mol. The molecule has 2 rings (SSSR count). The van der Waals surface area contributed by atoms with Crippen LogP contribution in [0.4, 0.5) is 0 Å². The third-order valence-corrected chi connectivity index (χ3v) is 3.71. The van der Waals surface area contributed by atoms with Crippen LogP contribution < -0.4 is 4.74 Å². The van der Waals surface area contributed by atoms with Crippen molar-refractivity contribution in [2.75, 3.05) is 0 Å². The van der Waals surface area contributed by atoms with Crippen molar-refractivity contribution in [1.29, 1.82) is 0 Å². The van der Waals surface area contributed by atoms with Crippen LogP contribution in [-0.4, -0.2) is 5.11 Å². The molecule has 0 unspecified atom stereocenters. The molecule has 2 nitrogen and oxygen atoms in total. The van der Waals surface area contributed by atoms with Gasteiger partial charge in [-0.3, -0.25) is 0 Å². The fraction of sp³-hybridized carbons (Fsp3) is 0.143. The van der Waals surface area contributed by atoms with Crippen LogP contribution in [0.3, 0.4) is 0 Å². The highest BCUT2D eigenvalue weighted by atomic mass is 35.5. The van der Waals surface area contributed by atoms with Crippen molar-refractivity contribution in [3.05, 3.63) is 50.5 Å². The van der Waals surface area contributed by atoms with Crippen molar-refractivity contribution in [2.45, 2.75) is 13.8 Å². The van der Waals surface area contributed by atoms with Gasteiger partial charge in [-0.1, -0.05) is 34.8 Å². The number of phenolic OH excluding ortho intramolecular Hbond substituents is 1. The van der Waals surface area contributed by atoms with Crippen LogP contribution >= 0.6 is 34.8 Å². The average Bonchev–Trinajstić information content (AvgIpc) is 2.32. The first-order chi connectivity index (χ1) is 8.88. The Morgan fingerprint density at radius 2 is 1.42 bits per heavy atom. The van der Waals surface area contributed by atoms with Crippen LogP contribution in [0, 0.1) is 13.8 Å². The molecule has 0 aromatic heterocycles. The molecule has 0 aliphatic heterocycles. The number of hydrogen-bond donors (Lipinski definition) is 1. The zero-order valence-electron chi connectivity index (χ0n) is 10.3. The highest BCUT2D eigenvalue weighted by Gasteiger charge is 2.11. The topological polar surface area (TPSA) is 29.5 Å². The number of rotatable bonds is 2. The summed E-state index contributed by atoms with van der Waals surface area (Å²) in [5, 5.41) is 10.8. The summed E-state index contributed by atoms with van der Waals surface area (Å²) in [7, 11) is 0. The minimum absolute atomic E-state index is 0.128. The van der Waals surface area contributed by atoms with E-state index in [1.54, 1.807) is 25.1 Å². The quantitative estimate of drug-likeness (QED) is 0.763. The summed E-state index contributed by atoms with van der Waals surface area (Å²) in [6, 6.07) is 6.47. The lowest BCUT2D eigenvalue weighted by atomic mass is 10.2. The van der Waals surface area contributed by atoms with Crippen molar-refractivity contribution < 1.29 is 9.84 Å². The van der Waals surface area contributed by atoms with Gasteiger partial charge in [0.1, 0.15) is 17.2 Å². The second kappa shape index (κ2) is 5.49. The molecule has 0 saturated heterocycles. The van der Waals surface area contributed by atoms with Crippen molar-refractivity contribution in [3.8, 4) is 17.2 Å². The van der Waals surface area contributed by atoms with Crippen molar-refractivity contribution in [2.24, 2.45) is 0 Å². The van der Waals surface area contributed by atoms with Gasteiger partial charge in [0.2, 0.25) is 0 Å². The zero-order valence-corrected chi connectivity index (χ0v) is 12.6. The molecular formula is C14H11Cl3O2. The van der Waals surface area contributed by atoms with Crippen molar-refractivity contribution in [1.82, 2.24) is 0 Å². The Hall–Kier alpha value is -1.09. The molecule has 100 valence electrons. The third kappa shape index (κ3) is 3.08. The number of phenols is 1. The summed E-state index contributed by atoms with van der Waals surface area (Å²) < 4.78 is 5.73. The van der Waals surface area contributed by atoms with E-state index in [1.807, 2.05) is 6.92 Å². The Morgan fingerprint density at radius 3 is 2.11 bits per heavy atom. The molecule has 2 aromatic rings. The molecule has 0 atom stereocenters. The van der Waals surface area contributed by atoms with Crippen molar-refractivity contribution >= 4 is 34.8 Å². The van der Waals surface area contributed by atoms with E-state index in [9.17, 15) is 5.11 Å². The van der Waals surface area contributed by atoms with Gasteiger partial charge in [-0.25, -0.2) is 0 Å². The number of aryl methyl sites for hydroxylation is 2. The number of hydrogen-bond acceptors (Lipinski definition) is 2. The van der Waals surface area contributed by atoms with Crippen LogP contribution in [0.1, 0.15) is 11.1 Å². The highest BCUT2D eigenvalue weighted by Crippen LogP contribution is 2.37. The number of benzene rings is 2. The summed E-state index contributed by atoms with van der Waals surface area (Å²) >= 11 is 17.9. The first-order valence-corrected chi connectivity index (χ1v) is 6.64. The monoisotopic (exact) mass is 316 g/mol. The van der Waals surface area contributed by atoms with Gasteiger partial charge in [0.25, 0.3) is 0 Å². The minimum Gasteiger partial charge on any atom is -0.508 e. The lowest BCUT2D eigenvalue weighted by Crippen LogP contribution is -1.90. The summed E-state index contributed by atoms with van der Waals surface area (Å²) in [6.07, 6.45) is 0. The molecule has 5 heteroatoms. The first kappa shape index (κ1) is 14.3. The van der Waals surface area contributed by atoms with E-state index in [0.717, 1.165) is 5.56 Å². The SMILES string of the molecule is Cc1cc(Oc2cc(Cl)c(Cl)cc2C)c(Cl)cc1O. The largest absolute Gasteiger partial charge is 0.508 e. The summed E-state index contributed by atoms with van der Waals surface area (Å²) in [5.74, 6) is 1.16. The van der Waals surface area contributed by atoms with E-state index in [0.29, 0.717) is 32.1 Å². The number of aromatic hydroxyl groups is 1. The van der Waals surface area contributed by atoms with Gasteiger partial charge in [-0.15, -0.1) is 0 Å². The van der Waals surface area contributed by atoms with E-state index >= 15 is 0 Å². The van der Waals surface area contributed by atoms with Crippen LogP contribution in [0.25, 0.3) is 0 Å². The van der Waals surface area contributed by atoms with Gasteiger partial charge in [-0.05, 0) is 37.1 Å². The van der Waals surface area contributed by atoms with E-state index < -0.39 is 0 Å². The number of halogens is 3. The molecule has 0 heterocycles. The second-order valence-electron chi connectivity index (χ2n) is 4.20. The van der Waals surface area contributed by atoms with Gasteiger partial charge in [0, 0.05) is 12.1 Å². The van der Waals surface area contributed by atoms with Gasteiger partial charge in [0.15, 0.2) is 0 Å². The maximum atomic E-state index is 9.55. The Morgan fingerprint density at radius 1 is 0.789 bits per heavy atom. The van der Waals surface area contributed by atoms with Crippen LogP contribution in [-0.2, 0) is 0 Å². The lowest BCUT2D eigenvalue weighted by molar-refractivity contribution is 0.459. The van der Waals surface area contributed by atoms with Crippen molar-refractivity contribution in [3.63, 3.8) is 0 Å². The molecule has 19 heavy (non-hydrogen) atoms. The Balaban J connectivity index is 2.42. The molecule has 0 radical (unpaired) electrons. The van der Waals surface area contributed by atoms with Gasteiger partial charge in [-0.2, -0.15) is 0 Å². The van der Waals surface area contributed by atoms with E-state index in [2.05, 4.69) is 0 Å². The van der Waals surface area contributed by atoms with Gasteiger partial charge >= 0.3 is 0 Å². The Kier molecular flexibility index (Phi) is 4.14. The Labute approximate surface area is 126 Å². The lowest BCUT2D eigenvalue weighted by Gasteiger charge is -2.12. The van der Waals surface area contributed by atoms with Crippen LogP contribution in [0.2, 0.25) is 15.1 Å². The smallest absolute Gasteiger partial charge is 0.146 e. The summed E-state index contributed by atoms with van der Waals surface area (Å²) in [6.45, 7) is 3.62. The summed E-state index contributed by atoms with van der Waals surface area (Å²) in [4.78, 5) is 0. The summed E-state index contributed by atoms with van der Waals surface area (Å²) in [5.41, 5.74) is 1.52.